The average molecular weight is 155 g/mol. The minimum Gasteiger partial charge on any atom is -0.396 e. The predicted octanol–water partition coefficient (Wildman–Crippen LogP) is 1.92. The second kappa shape index (κ2) is 4.55. The van der Waals surface area contributed by atoms with Gasteiger partial charge in [-0.1, -0.05) is 0 Å². The summed E-state index contributed by atoms with van der Waals surface area (Å²) in [5, 5.41) is 8.16. The molecule has 0 amide bonds. The quantitative estimate of drug-likeness (QED) is 0.615. The topological polar surface area (TPSA) is 20.2 Å². The molecule has 0 fully saturated rings. The maximum atomic E-state index is 11.4. The highest BCUT2D eigenvalue weighted by molar-refractivity contribution is 4.63. The summed E-state index contributed by atoms with van der Waals surface area (Å²) in [5.74, 6) is 0. The van der Waals surface area contributed by atoms with Gasteiger partial charge in [0.15, 0.2) is 0 Å². The number of aliphatic hydroxyl groups is 1. The van der Waals surface area contributed by atoms with Crippen molar-refractivity contribution in [2.75, 3.05) is 6.61 Å². The summed E-state index contributed by atoms with van der Waals surface area (Å²) in [7, 11) is 0. The van der Waals surface area contributed by atoms with Gasteiger partial charge in [0.2, 0.25) is 0 Å². The van der Waals surface area contributed by atoms with E-state index in [0.29, 0.717) is 6.42 Å². The summed E-state index contributed by atoms with van der Waals surface area (Å²) in [6, 6.07) is 0. The average Bonchev–Trinajstić information content (AvgIpc) is 1.78. The fourth-order valence-electron chi connectivity index (χ4n) is 0.538. The lowest BCUT2D eigenvalue weighted by Gasteiger charge is -2.03. The molecule has 1 N–H and O–H groups in total. The molecule has 0 rings (SSSR count). The van der Waals surface area contributed by atoms with E-state index in [1.807, 2.05) is 0 Å². The van der Waals surface area contributed by atoms with Crippen LogP contribution in [0.25, 0.3) is 0 Å². The number of hydrogen-bond acceptors (Lipinski definition) is 1. The Morgan fingerprint density at radius 3 is 2.30 bits per heavy atom. The molecule has 61 valence electrons. The van der Waals surface area contributed by atoms with Gasteiger partial charge in [-0.2, -0.15) is 13.2 Å². The lowest BCUT2D eigenvalue weighted by atomic mass is 10.2. The number of hydrogen-bond donors (Lipinski definition) is 1. The third kappa shape index (κ3) is 7.75. The number of halogens is 3. The van der Waals surface area contributed by atoms with Crippen molar-refractivity contribution in [2.45, 2.75) is 25.4 Å². The van der Waals surface area contributed by atoms with Crippen LogP contribution in [0.2, 0.25) is 0 Å². The Kier molecular flexibility index (Phi) is 4.43. The van der Waals surface area contributed by atoms with Crippen LogP contribution >= 0.6 is 0 Å². The summed E-state index contributed by atoms with van der Waals surface area (Å²) in [6.45, 7) is -0.141. The standard InChI is InChI=1S/C6H10F3O/c7-6(8,9)4-2-1-3-5-10/h3,10H,1-2,4-5H2. The van der Waals surface area contributed by atoms with Crippen LogP contribution in [-0.2, 0) is 0 Å². The molecular weight excluding hydrogens is 145 g/mol. The van der Waals surface area contributed by atoms with Crippen LogP contribution in [0.15, 0.2) is 0 Å². The van der Waals surface area contributed by atoms with Gasteiger partial charge in [-0.05, 0) is 19.3 Å². The molecule has 0 heterocycles. The minimum absolute atomic E-state index is 0.0735. The predicted molar refractivity (Wildman–Crippen MR) is 31.3 cm³/mol. The van der Waals surface area contributed by atoms with Crippen molar-refractivity contribution < 1.29 is 18.3 Å². The third-order valence-corrected chi connectivity index (χ3v) is 0.998. The smallest absolute Gasteiger partial charge is 0.389 e. The Labute approximate surface area is 57.9 Å². The largest absolute Gasteiger partial charge is 0.396 e. The highest BCUT2D eigenvalue weighted by atomic mass is 19.4. The highest BCUT2D eigenvalue weighted by Gasteiger charge is 2.25. The van der Waals surface area contributed by atoms with Crippen LogP contribution in [0.5, 0.6) is 0 Å². The van der Waals surface area contributed by atoms with E-state index in [2.05, 4.69) is 0 Å². The molecule has 0 aromatic carbocycles. The van der Waals surface area contributed by atoms with Crippen LogP contribution < -0.4 is 0 Å². The van der Waals surface area contributed by atoms with Crippen molar-refractivity contribution in [2.24, 2.45) is 0 Å². The van der Waals surface area contributed by atoms with Crippen molar-refractivity contribution >= 4 is 0 Å². The second-order valence-electron chi connectivity index (χ2n) is 1.98. The van der Waals surface area contributed by atoms with Gasteiger partial charge >= 0.3 is 6.18 Å². The Morgan fingerprint density at radius 1 is 1.30 bits per heavy atom. The molecule has 0 saturated carbocycles. The van der Waals surface area contributed by atoms with Gasteiger partial charge in [0.05, 0.1) is 0 Å². The van der Waals surface area contributed by atoms with Crippen molar-refractivity contribution in [1.29, 1.82) is 0 Å². The van der Waals surface area contributed by atoms with Crippen LogP contribution in [0.1, 0.15) is 19.3 Å². The van der Waals surface area contributed by atoms with Gasteiger partial charge < -0.3 is 5.11 Å². The Morgan fingerprint density at radius 2 is 1.90 bits per heavy atom. The fraction of sp³-hybridized carbons (Fsp3) is 0.833. The third-order valence-electron chi connectivity index (χ3n) is 0.998. The zero-order valence-corrected chi connectivity index (χ0v) is 5.49. The molecule has 0 bridgehead atoms. The molecule has 0 saturated heterocycles. The van der Waals surface area contributed by atoms with E-state index in [0.717, 1.165) is 0 Å². The summed E-state index contributed by atoms with van der Waals surface area (Å²) >= 11 is 0. The van der Waals surface area contributed by atoms with Crippen LogP contribution in [-0.4, -0.2) is 17.9 Å². The summed E-state index contributed by atoms with van der Waals surface area (Å²) < 4.78 is 34.2. The lowest BCUT2D eigenvalue weighted by molar-refractivity contribution is -0.135. The number of rotatable bonds is 4. The molecule has 0 spiro atoms. The van der Waals surface area contributed by atoms with E-state index in [1.54, 1.807) is 0 Å². The zero-order valence-electron chi connectivity index (χ0n) is 5.49. The molecule has 0 aromatic rings. The summed E-state index contributed by atoms with van der Waals surface area (Å²) in [4.78, 5) is 0. The molecule has 0 aliphatic rings. The number of alkyl halides is 3. The monoisotopic (exact) mass is 155 g/mol. The highest BCUT2D eigenvalue weighted by Crippen LogP contribution is 2.22. The van der Waals surface area contributed by atoms with E-state index in [9.17, 15) is 13.2 Å². The van der Waals surface area contributed by atoms with Gasteiger partial charge in [-0.3, -0.25) is 0 Å². The Bertz CT molecular complexity index is 79.6. The van der Waals surface area contributed by atoms with Crippen LogP contribution in [0.3, 0.4) is 0 Å². The first-order valence-corrected chi connectivity index (χ1v) is 3.05. The molecule has 0 aliphatic heterocycles. The van der Waals surface area contributed by atoms with E-state index in [4.69, 9.17) is 5.11 Å². The van der Waals surface area contributed by atoms with Crippen molar-refractivity contribution in [1.82, 2.24) is 0 Å². The van der Waals surface area contributed by atoms with E-state index in [-0.39, 0.29) is 13.0 Å². The molecule has 0 aromatic heterocycles. The van der Waals surface area contributed by atoms with E-state index >= 15 is 0 Å². The number of aliphatic hydroxyl groups excluding tert-OH is 1. The van der Waals surface area contributed by atoms with Crippen molar-refractivity contribution in [3.05, 3.63) is 6.42 Å². The lowest BCUT2D eigenvalue weighted by Crippen LogP contribution is -2.06. The molecule has 4 heteroatoms. The Balaban J connectivity index is 3.04. The first-order valence-electron chi connectivity index (χ1n) is 3.05. The molecule has 1 nitrogen and oxygen atoms in total. The van der Waals surface area contributed by atoms with Gasteiger partial charge in [-0.15, -0.1) is 0 Å². The van der Waals surface area contributed by atoms with Crippen LogP contribution in [0, 0.1) is 6.42 Å². The van der Waals surface area contributed by atoms with Gasteiger partial charge in [0.1, 0.15) is 0 Å². The first kappa shape index (κ1) is 9.75. The van der Waals surface area contributed by atoms with Crippen molar-refractivity contribution in [3.8, 4) is 0 Å². The summed E-state index contributed by atoms with van der Waals surface area (Å²) in [5.41, 5.74) is 0. The normalized spacial score (nSPS) is 12.0. The Hall–Kier alpha value is -0.250. The summed E-state index contributed by atoms with van der Waals surface area (Å²) in [6.07, 6.45) is -2.99. The van der Waals surface area contributed by atoms with Crippen LogP contribution in [0.4, 0.5) is 13.2 Å². The van der Waals surface area contributed by atoms with Gasteiger partial charge in [0.25, 0.3) is 0 Å². The molecule has 0 aliphatic carbocycles. The minimum atomic E-state index is -4.05. The maximum Gasteiger partial charge on any atom is 0.389 e. The molecule has 0 atom stereocenters. The van der Waals surface area contributed by atoms with Gasteiger partial charge in [0, 0.05) is 13.0 Å². The second-order valence-corrected chi connectivity index (χ2v) is 1.98. The van der Waals surface area contributed by atoms with Gasteiger partial charge in [-0.25, -0.2) is 0 Å². The SMILES string of the molecule is OC[CH]CCCC(F)(F)F. The van der Waals surface area contributed by atoms with Crippen molar-refractivity contribution in [3.63, 3.8) is 0 Å². The zero-order chi connectivity index (χ0) is 8.04. The fourth-order valence-corrected chi connectivity index (χ4v) is 0.538. The molecule has 1 radical (unpaired) electrons. The van der Waals surface area contributed by atoms with E-state index < -0.39 is 12.6 Å². The number of unbranched alkanes of at least 4 members (excludes halogenated alkanes) is 2. The van der Waals surface area contributed by atoms with E-state index in [1.165, 1.54) is 6.42 Å². The molecular formula is C6H10F3O. The first-order chi connectivity index (χ1) is 4.56. The molecule has 0 unspecified atom stereocenters. The maximum absolute atomic E-state index is 11.4. The molecule has 10 heavy (non-hydrogen) atoms.